The van der Waals surface area contributed by atoms with Gasteiger partial charge in [0.15, 0.2) is 5.58 Å². The van der Waals surface area contributed by atoms with Crippen LogP contribution in [0.4, 0.5) is 0 Å². The Balaban J connectivity index is 1.75. The second-order valence-corrected chi connectivity index (χ2v) is 5.14. The van der Waals surface area contributed by atoms with E-state index >= 15 is 0 Å². The standard InChI is InChI=1S/C15H9NO3S/c16-8-10-1-3-11(4-2-10)9-18-12-5-6-14-13(7-12)19-15(17)20-14/h1-7H,9H2. The minimum absolute atomic E-state index is 0.316. The summed E-state index contributed by atoms with van der Waals surface area (Å²) in [6, 6.07) is 14.6. The molecule has 98 valence electrons. The first-order valence-electron chi connectivity index (χ1n) is 5.90. The molecule has 0 bridgehead atoms. The molecule has 0 fully saturated rings. The lowest BCUT2D eigenvalue weighted by Gasteiger charge is -2.05. The highest BCUT2D eigenvalue weighted by Crippen LogP contribution is 2.23. The van der Waals surface area contributed by atoms with Gasteiger partial charge in [0.25, 0.3) is 0 Å². The van der Waals surface area contributed by atoms with Gasteiger partial charge in [0.05, 0.1) is 16.3 Å². The second kappa shape index (κ2) is 5.19. The Morgan fingerprint density at radius 1 is 1.20 bits per heavy atom. The molecule has 0 unspecified atom stereocenters. The Hall–Kier alpha value is -2.58. The van der Waals surface area contributed by atoms with E-state index in [0.29, 0.717) is 23.5 Å². The number of fused-ring (bicyclic) bond motifs is 1. The molecule has 0 aliphatic carbocycles. The third-order valence-corrected chi connectivity index (χ3v) is 3.60. The van der Waals surface area contributed by atoms with Crippen molar-refractivity contribution in [1.29, 1.82) is 5.26 Å². The molecule has 0 N–H and O–H groups in total. The number of hydrogen-bond donors (Lipinski definition) is 0. The van der Waals surface area contributed by atoms with E-state index in [4.69, 9.17) is 14.4 Å². The van der Waals surface area contributed by atoms with Gasteiger partial charge in [-0.3, -0.25) is 0 Å². The zero-order chi connectivity index (χ0) is 13.9. The molecule has 0 spiro atoms. The summed E-state index contributed by atoms with van der Waals surface area (Å²) in [7, 11) is 0. The van der Waals surface area contributed by atoms with Crippen molar-refractivity contribution in [3.63, 3.8) is 0 Å². The van der Waals surface area contributed by atoms with Gasteiger partial charge in [0.1, 0.15) is 12.4 Å². The van der Waals surface area contributed by atoms with E-state index in [9.17, 15) is 4.79 Å². The summed E-state index contributed by atoms with van der Waals surface area (Å²) in [5.41, 5.74) is 2.13. The van der Waals surface area contributed by atoms with Crippen molar-refractivity contribution in [2.75, 3.05) is 0 Å². The second-order valence-electron chi connectivity index (χ2n) is 4.16. The fourth-order valence-corrected chi connectivity index (χ4v) is 2.43. The fraction of sp³-hybridized carbons (Fsp3) is 0.0667. The summed E-state index contributed by atoms with van der Waals surface area (Å²) < 4.78 is 11.5. The zero-order valence-corrected chi connectivity index (χ0v) is 11.1. The highest BCUT2D eigenvalue weighted by molar-refractivity contribution is 7.16. The molecule has 1 aromatic heterocycles. The van der Waals surface area contributed by atoms with E-state index in [0.717, 1.165) is 21.6 Å². The monoisotopic (exact) mass is 283 g/mol. The quantitative estimate of drug-likeness (QED) is 0.739. The summed E-state index contributed by atoms with van der Waals surface area (Å²) in [6.45, 7) is 0.394. The molecule has 1 heterocycles. The summed E-state index contributed by atoms with van der Waals surface area (Å²) in [4.78, 5) is 10.8. The summed E-state index contributed by atoms with van der Waals surface area (Å²) in [6.07, 6.45) is 0. The molecule has 0 amide bonds. The molecule has 20 heavy (non-hydrogen) atoms. The van der Waals surface area contributed by atoms with Gasteiger partial charge >= 0.3 is 4.94 Å². The van der Waals surface area contributed by atoms with Crippen molar-refractivity contribution < 1.29 is 9.15 Å². The van der Waals surface area contributed by atoms with Crippen molar-refractivity contribution in [1.82, 2.24) is 0 Å². The van der Waals surface area contributed by atoms with Gasteiger partial charge in [-0.05, 0) is 29.8 Å². The van der Waals surface area contributed by atoms with Gasteiger partial charge in [0, 0.05) is 6.07 Å². The smallest absolute Gasteiger partial charge is 0.396 e. The van der Waals surface area contributed by atoms with Crippen LogP contribution in [0.3, 0.4) is 0 Å². The van der Waals surface area contributed by atoms with Gasteiger partial charge in [0.2, 0.25) is 0 Å². The van der Waals surface area contributed by atoms with Crippen LogP contribution in [0.1, 0.15) is 11.1 Å². The van der Waals surface area contributed by atoms with E-state index in [1.54, 1.807) is 30.3 Å². The third-order valence-electron chi connectivity index (χ3n) is 2.79. The Labute approximate surface area is 118 Å². The van der Waals surface area contributed by atoms with E-state index in [2.05, 4.69) is 6.07 Å². The first-order chi connectivity index (χ1) is 9.74. The van der Waals surface area contributed by atoms with E-state index < -0.39 is 0 Å². The van der Waals surface area contributed by atoms with Crippen molar-refractivity contribution in [3.05, 3.63) is 63.3 Å². The predicted octanol–water partition coefficient (Wildman–Crippen LogP) is 3.31. The molecule has 4 nitrogen and oxygen atoms in total. The summed E-state index contributed by atoms with van der Waals surface area (Å²) in [5, 5.41) is 8.72. The number of rotatable bonds is 3. The van der Waals surface area contributed by atoms with Crippen LogP contribution in [0.25, 0.3) is 10.3 Å². The first-order valence-corrected chi connectivity index (χ1v) is 6.72. The lowest BCUT2D eigenvalue weighted by Crippen LogP contribution is -1.95. The van der Waals surface area contributed by atoms with E-state index in [-0.39, 0.29) is 4.94 Å². The molecule has 0 aliphatic heterocycles. The highest BCUT2D eigenvalue weighted by Gasteiger charge is 2.04. The largest absolute Gasteiger partial charge is 0.489 e. The Morgan fingerprint density at radius 3 is 2.75 bits per heavy atom. The molecular weight excluding hydrogens is 274 g/mol. The molecule has 0 aliphatic rings. The normalized spacial score (nSPS) is 10.3. The Morgan fingerprint density at radius 2 is 2.00 bits per heavy atom. The van der Waals surface area contributed by atoms with Crippen molar-refractivity contribution >= 4 is 21.6 Å². The zero-order valence-electron chi connectivity index (χ0n) is 10.3. The maximum Gasteiger partial charge on any atom is 0.396 e. The van der Waals surface area contributed by atoms with Crippen LogP contribution in [0.2, 0.25) is 0 Å². The SMILES string of the molecule is N#Cc1ccc(COc2ccc3sc(=O)oc3c2)cc1. The number of nitriles is 1. The molecule has 0 saturated heterocycles. The maximum absolute atomic E-state index is 11.1. The number of hydrogen-bond acceptors (Lipinski definition) is 5. The number of benzene rings is 2. The van der Waals surface area contributed by atoms with Gasteiger partial charge in [-0.15, -0.1) is 0 Å². The summed E-state index contributed by atoms with van der Waals surface area (Å²) >= 11 is 1.07. The third kappa shape index (κ3) is 2.56. The minimum atomic E-state index is -0.316. The maximum atomic E-state index is 11.1. The Bertz CT molecular complexity index is 840. The molecule has 0 saturated carbocycles. The molecule has 3 aromatic rings. The van der Waals surface area contributed by atoms with Crippen LogP contribution in [0.5, 0.6) is 5.75 Å². The topological polar surface area (TPSA) is 63.2 Å². The van der Waals surface area contributed by atoms with Crippen LogP contribution in [-0.2, 0) is 6.61 Å². The van der Waals surface area contributed by atoms with Gasteiger partial charge in [-0.25, -0.2) is 4.79 Å². The van der Waals surface area contributed by atoms with Gasteiger partial charge < -0.3 is 9.15 Å². The van der Waals surface area contributed by atoms with E-state index in [1.807, 2.05) is 12.1 Å². The Kier molecular flexibility index (Phi) is 3.23. The van der Waals surface area contributed by atoms with Crippen LogP contribution in [0, 0.1) is 11.3 Å². The first kappa shape index (κ1) is 12.5. The lowest BCUT2D eigenvalue weighted by atomic mass is 10.2. The average Bonchev–Trinajstić information content (AvgIpc) is 2.85. The van der Waals surface area contributed by atoms with Crippen LogP contribution >= 0.6 is 11.3 Å². The molecule has 0 radical (unpaired) electrons. The average molecular weight is 283 g/mol. The summed E-state index contributed by atoms with van der Waals surface area (Å²) in [5.74, 6) is 0.642. The molecule has 0 atom stereocenters. The molecule has 3 rings (SSSR count). The number of ether oxygens (including phenoxy) is 1. The fourth-order valence-electron chi connectivity index (χ4n) is 1.78. The van der Waals surface area contributed by atoms with Crippen LogP contribution in [-0.4, -0.2) is 0 Å². The van der Waals surface area contributed by atoms with Crippen LogP contribution in [0.15, 0.2) is 51.7 Å². The highest BCUT2D eigenvalue weighted by atomic mass is 32.1. The van der Waals surface area contributed by atoms with Gasteiger partial charge in [-0.1, -0.05) is 23.5 Å². The molecule has 2 aromatic carbocycles. The predicted molar refractivity (Wildman–Crippen MR) is 75.9 cm³/mol. The molecular formula is C15H9NO3S. The van der Waals surface area contributed by atoms with Crippen molar-refractivity contribution in [3.8, 4) is 11.8 Å². The minimum Gasteiger partial charge on any atom is -0.489 e. The lowest BCUT2D eigenvalue weighted by molar-refractivity contribution is 0.306. The van der Waals surface area contributed by atoms with Gasteiger partial charge in [-0.2, -0.15) is 5.26 Å². The van der Waals surface area contributed by atoms with E-state index in [1.165, 1.54) is 0 Å². The number of nitrogens with zero attached hydrogens (tertiary/aromatic N) is 1. The van der Waals surface area contributed by atoms with Crippen molar-refractivity contribution in [2.24, 2.45) is 0 Å². The van der Waals surface area contributed by atoms with Crippen LogP contribution < -0.4 is 9.68 Å². The molecule has 5 heteroatoms. The van der Waals surface area contributed by atoms with Crippen molar-refractivity contribution in [2.45, 2.75) is 6.61 Å².